The number of aromatic nitrogens is 2. The summed E-state index contributed by atoms with van der Waals surface area (Å²) < 4.78 is 40.9. The van der Waals surface area contributed by atoms with Gasteiger partial charge in [-0.3, -0.25) is 9.59 Å². The van der Waals surface area contributed by atoms with Crippen molar-refractivity contribution >= 4 is 11.8 Å². The fourth-order valence-corrected chi connectivity index (χ4v) is 2.27. The Morgan fingerprint density at radius 1 is 1.11 bits per heavy atom. The van der Waals surface area contributed by atoms with Crippen molar-refractivity contribution in [2.45, 2.75) is 18.6 Å². The van der Waals surface area contributed by atoms with E-state index in [2.05, 4.69) is 20.3 Å². The molecule has 0 aliphatic heterocycles. The highest BCUT2D eigenvalue weighted by Crippen LogP contribution is 2.16. The summed E-state index contributed by atoms with van der Waals surface area (Å²) >= 11 is 0. The number of benzene rings is 1. The van der Waals surface area contributed by atoms with E-state index in [1.165, 1.54) is 11.0 Å². The zero-order valence-electron chi connectivity index (χ0n) is 15.2. The number of rotatable bonds is 7. The van der Waals surface area contributed by atoms with Crippen molar-refractivity contribution < 1.29 is 27.5 Å². The summed E-state index contributed by atoms with van der Waals surface area (Å²) in [4.78, 5) is 26.1. The minimum atomic E-state index is -4.51. The van der Waals surface area contributed by atoms with E-state index in [9.17, 15) is 22.8 Å². The summed E-state index contributed by atoms with van der Waals surface area (Å²) in [6.07, 6.45) is -4.24. The minimum Gasteiger partial charge on any atom is -0.467 e. The Labute approximate surface area is 159 Å². The van der Waals surface area contributed by atoms with E-state index in [0.717, 1.165) is 11.6 Å². The van der Waals surface area contributed by atoms with Crippen LogP contribution in [0.3, 0.4) is 0 Å². The van der Waals surface area contributed by atoms with Gasteiger partial charge in [-0.25, -0.2) is 0 Å². The summed E-state index contributed by atoms with van der Waals surface area (Å²) in [6.45, 7) is -1.51. The number of likely N-dealkylation sites (N-methyl/N-ethyl adjacent to an activating group) is 1. The smallest absolute Gasteiger partial charge is 0.422 e. The summed E-state index contributed by atoms with van der Waals surface area (Å²) in [5, 5.41) is 9.60. The molecule has 1 atom stereocenters. The molecular weight excluding hydrogens is 377 g/mol. The van der Waals surface area contributed by atoms with E-state index in [0.29, 0.717) is 0 Å². The number of nitrogens with one attached hydrogen (secondary N) is 1. The maximum Gasteiger partial charge on any atom is 0.422 e. The Bertz CT molecular complexity index is 796. The molecule has 0 aliphatic rings. The van der Waals surface area contributed by atoms with Gasteiger partial charge in [-0.1, -0.05) is 30.3 Å². The van der Waals surface area contributed by atoms with Gasteiger partial charge in [0.1, 0.15) is 6.04 Å². The topological polar surface area (TPSA) is 84.4 Å². The number of halogens is 3. The molecule has 0 fully saturated rings. The van der Waals surface area contributed by atoms with Crippen LogP contribution < -0.4 is 10.1 Å². The lowest BCUT2D eigenvalue weighted by atomic mass is 10.0. The number of hydrogen-bond donors (Lipinski definition) is 1. The van der Waals surface area contributed by atoms with Crippen molar-refractivity contribution in [2.75, 3.05) is 20.7 Å². The molecule has 1 heterocycles. The molecule has 150 valence electrons. The van der Waals surface area contributed by atoms with Crippen LogP contribution in [0.5, 0.6) is 5.88 Å². The third-order valence-electron chi connectivity index (χ3n) is 3.58. The predicted octanol–water partition coefficient (Wildman–Crippen LogP) is 1.85. The lowest BCUT2D eigenvalue weighted by Crippen LogP contribution is -2.47. The van der Waals surface area contributed by atoms with Gasteiger partial charge in [-0.2, -0.15) is 13.2 Å². The summed E-state index contributed by atoms with van der Waals surface area (Å²) in [7, 11) is 3.14. The Hall–Kier alpha value is -3.17. The van der Waals surface area contributed by atoms with Crippen LogP contribution in [-0.2, 0) is 11.2 Å². The molecule has 1 N–H and O–H groups in total. The van der Waals surface area contributed by atoms with Gasteiger partial charge >= 0.3 is 6.18 Å². The third-order valence-corrected chi connectivity index (χ3v) is 3.58. The fraction of sp³-hybridized carbons (Fsp3) is 0.333. The highest BCUT2D eigenvalue weighted by Gasteiger charge is 2.29. The Morgan fingerprint density at radius 3 is 2.32 bits per heavy atom. The van der Waals surface area contributed by atoms with E-state index in [4.69, 9.17) is 0 Å². The van der Waals surface area contributed by atoms with Gasteiger partial charge in [0.2, 0.25) is 11.8 Å². The molecule has 10 heteroatoms. The average molecular weight is 396 g/mol. The number of alkyl halides is 3. The Kier molecular flexibility index (Phi) is 6.91. The summed E-state index contributed by atoms with van der Waals surface area (Å²) in [6, 6.07) is 10.6. The van der Waals surface area contributed by atoms with Crippen LogP contribution in [0.15, 0.2) is 42.5 Å². The van der Waals surface area contributed by atoms with Crippen LogP contribution in [0, 0.1) is 0 Å². The quantitative estimate of drug-likeness (QED) is 0.772. The second kappa shape index (κ2) is 9.16. The lowest BCUT2D eigenvalue weighted by Gasteiger charge is -2.21. The first-order valence-corrected chi connectivity index (χ1v) is 8.25. The van der Waals surface area contributed by atoms with Crippen LogP contribution >= 0.6 is 0 Å². The van der Waals surface area contributed by atoms with Crippen molar-refractivity contribution in [1.29, 1.82) is 0 Å². The maximum atomic E-state index is 12.4. The van der Waals surface area contributed by atoms with Gasteiger partial charge in [0.25, 0.3) is 5.91 Å². The number of carbonyl (C=O) groups excluding carboxylic acids is 2. The molecule has 1 unspecified atom stereocenters. The monoisotopic (exact) mass is 396 g/mol. The number of hydrogen-bond acceptors (Lipinski definition) is 5. The van der Waals surface area contributed by atoms with Crippen molar-refractivity contribution in [2.24, 2.45) is 0 Å². The zero-order chi connectivity index (χ0) is 20.7. The van der Waals surface area contributed by atoms with Crippen LogP contribution in [0.1, 0.15) is 16.1 Å². The first kappa shape index (κ1) is 21.1. The molecule has 0 aliphatic carbocycles. The molecule has 2 amide bonds. The molecule has 0 spiro atoms. The first-order valence-electron chi connectivity index (χ1n) is 8.25. The molecule has 0 saturated carbocycles. The SMILES string of the molecule is CN(C)C(=O)C(Cc1ccccc1)NC(=O)c1ccc(OCC(F)(F)F)nn1. The predicted molar refractivity (Wildman–Crippen MR) is 93.7 cm³/mol. The number of amides is 2. The molecule has 0 radical (unpaired) electrons. The highest BCUT2D eigenvalue weighted by atomic mass is 19.4. The molecule has 7 nitrogen and oxygen atoms in total. The third kappa shape index (κ3) is 6.53. The standard InChI is InChI=1S/C18H19F3N4O3/c1-25(2)17(27)14(10-12-6-4-3-5-7-12)22-16(26)13-8-9-15(24-23-13)28-11-18(19,20)21/h3-9,14H,10-11H2,1-2H3,(H,22,26). The van der Waals surface area contributed by atoms with Crippen LogP contribution in [-0.4, -0.2) is 59.8 Å². The largest absolute Gasteiger partial charge is 0.467 e. The van der Waals surface area contributed by atoms with E-state index < -0.39 is 24.7 Å². The second-order valence-electron chi connectivity index (χ2n) is 6.11. The normalized spacial score (nSPS) is 12.2. The molecule has 2 rings (SSSR count). The molecule has 1 aromatic carbocycles. The highest BCUT2D eigenvalue weighted by molar-refractivity contribution is 5.96. The van der Waals surface area contributed by atoms with Crippen LogP contribution in [0.4, 0.5) is 13.2 Å². The molecule has 1 aromatic heterocycles. The van der Waals surface area contributed by atoms with Gasteiger partial charge in [-0.15, -0.1) is 10.2 Å². The van der Waals surface area contributed by atoms with E-state index in [1.54, 1.807) is 14.1 Å². The Morgan fingerprint density at radius 2 is 1.79 bits per heavy atom. The van der Waals surface area contributed by atoms with Gasteiger partial charge in [0, 0.05) is 26.6 Å². The van der Waals surface area contributed by atoms with Gasteiger partial charge in [-0.05, 0) is 11.6 Å². The van der Waals surface area contributed by atoms with E-state index in [1.807, 2.05) is 30.3 Å². The van der Waals surface area contributed by atoms with E-state index in [-0.39, 0.29) is 23.9 Å². The van der Waals surface area contributed by atoms with Gasteiger partial charge in [0.15, 0.2) is 12.3 Å². The van der Waals surface area contributed by atoms with Crippen molar-refractivity contribution in [3.05, 3.63) is 53.7 Å². The maximum absolute atomic E-state index is 12.4. The van der Waals surface area contributed by atoms with Crippen LogP contribution in [0.2, 0.25) is 0 Å². The second-order valence-corrected chi connectivity index (χ2v) is 6.11. The Balaban J connectivity index is 2.06. The zero-order valence-corrected chi connectivity index (χ0v) is 15.2. The molecule has 0 bridgehead atoms. The van der Waals surface area contributed by atoms with Gasteiger partial charge in [0.05, 0.1) is 0 Å². The summed E-state index contributed by atoms with van der Waals surface area (Å²) in [5.74, 6) is -1.35. The number of ether oxygens (including phenoxy) is 1. The molecule has 2 aromatic rings. The molecule has 0 saturated heterocycles. The molecule has 28 heavy (non-hydrogen) atoms. The van der Waals surface area contributed by atoms with E-state index >= 15 is 0 Å². The lowest BCUT2D eigenvalue weighted by molar-refractivity contribution is -0.154. The van der Waals surface area contributed by atoms with Crippen molar-refractivity contribution in [3.8, 4) is 5.88 Å². The molecular formula is C18H19F3N4O3. The number of carbonyl (C=O) groups is 2. The summed E-state index contributed by atoms with van der Waals surface area (Å²) in [5.41, 5.74) is 0.703. The van der Waals surface area contributed by atoms with Gasteiger partial charge < -0.3 is 15.0 Å². The fourth-order valence-electron chi connectivity index (χ4n) is 2.27. The minimum absolute atomic E-state index is 0.149. The average Bonchev–Trinajstić information content (AvgIpc) is 2.65. The number of nitrogens with zero attached hydrogens (tertiary/aromatic N) is 3. The first-order chi connectivity index (χ1) is 13.2. The van der Waals surface area contributed by atoms with Crippen molar-refractivity contribution in [1.82, 2.24) is 20.4 Å². The van der Waals surface area contributed by atoms with Crippen LogP contribution in [0.25, 0.3) is 0 Å². The van der Waals surface area contributed by atoms with Crippen molar-refractivity contribution in [3.63, 3.8) is 0 Å².